The molecule has 0 radical (unpaired) electrons. The molecule has 0 atom stereocenters. The highest BCUT2D eigenvalue weighted by molar-refractivity contribution is 6.23. The van der Waals surface area contributed by atoms with Gasteiger partial charge in [0.2, 0.25) is 0 Å². The van der Waals surface area contributed by atoms with Crippen LogP contribution >= 0.6 is 0 Å². The highest BCUT2D eigenvalue weighted by Gasteiger charge is 2.32. The zero-order valence-electron chi connectivity index (χ0n) is 13.3. The summed E-state index contributed by atoms with van der Waals surface area (Å²) in [7, 11) is 0. The Morgan fingerprint density at radius 1 is 0.885 bits per heavy atom. The van der Waals surface area contributed by atoms with Crippen molar-refractivity contribution in [3.05, 3.63) is 66.0 Å². The minimum absolute atomic E-state index is 0.0788. The molecule has 3 heterocycles. The van der Waals surface area contributed by atoms with Crippen LogP contribution in [0.3, 0.4) is 0 Å². The van der Waals surface area contributed by atoms with Gasteiger partial charge in [0.05, 0.1) is 27.8 Å². The average molecular weight is 353 g/mol. The van der Waals surface area contributed by atoms with Gasteiger partial charge in [0.25, 0.3) is 17.4 Å². The molecule has 130 valence electrons. The van der Waals surface area contributed by atoms with Crippen LogP contribution in [0.5, 0.6) is 0 Å². The average Bonchev–Trinajstić information content (AvgIpc) is 2.84. The maximum absolute atomic E-state index is 12.5. The SMILES string of the molecule is Cc1cc2[nH]c(=O)c(=O)[nH]c2cc1-n1c(N)c2c(cc1=O)C(=O)NC2=O. The number of aryl methyl sites for hydroxylation is 1. The smallest absolute Gasteiger partial charge is 0.314 e. The number of carbonyl (C=O) groups excluding carboxylic acids is 2. The molecule has 0 unspecified atom stereocenters. The number of nitrogens with one attached hydrogen (secondary N) is 3. The summed E-state index contributed by atoms with van der Waals surface area (Å²) in [6, 6.07) is 4.05. The molecule has 4 rings (SSSR count). The van der Waals surface area contributed by atoms with E-state index in [9.17, 15) is 24.0 Å². The van der Waals surface area contributed by atoms with Gasteiger partial charge in [-0.05, 0) is 24.6 Å². The summed E-state index contributed by atoms with van der Waals surface area (Å²) in [5, 5.41) is 2.09. The van der Waals surface area contributed by atoms with Crippen molar-refractivity contribution < 1.29 is 9.59 Å². The highest BCUT2D eigenvalue weighted by Crippen LogP contribution is 2.25. The number of H-pyrrole nitrogens is 2. The largest absolute Gasteiger partial charge is 0.384 e. The van der Waals surface area contributed by atoms with Crippen LogP contribution in [0.25, 0.3) is 16.7 Å². The van der Waals surface area contributed by atoms with Gasteiger partial charge in [-0.1, -0.05) is 0 Å². The van der Waals surface area contributed by atoms with Crippen molar-refractivity contribution in [3.63, 3.8) is 0 Å². The van der Waals surface area contributed by atoms with E-state index >= 15 is 0 Å². The van der Waals surface area contributed by atoms with Crippen molar-refractivity contribution in [1.29, 1.82) is 0 Å². The lowest BCUT2D eigenvalue weighted by atomic mass is 10.1. The van der Waals surface area contributed by atoms with E-state index in [4.69, 9.17) is 5.73 Å². The van der Waals surface area contributed by atoms with Gasteiger partial charge in [-0.25, -0.2) is 0 Å². The first-order chi connectivity index (χ1) is 12.3. The van der Waals surface area contributed by atoms with Crippen LogP contribution in [-0.4, -0.2) is 26.3 Å². The predicted molar refractivity (Wildman–Crippen MR) is 91.7 cm³/mol. The number of hydrogen-bond donors (Lipinski definition) is 4. The van der Waals surface area contributed by atoms with Crippen LogP contribution in [0.4, 0.5) is 5.82 Å². The van der Waals surface area contributed by atoms with Crippen molar-refractivity contribution in [2.24, 2.45) is 0 Å². The number of nitrogens with two attached hydrogens (primary N) is 1. The quantitative estimate of drug-likeness (QED) is 0.329. The van der Waals surface area contributed by atoms with Crippen LogP contribution in [0, 0.1) is 6.92 Å². The minimum Gasteiger partial charge on any atom is -0.384 e. The summed E-state index contributed by atoms with van der Waals surface area (Å²) >= 11 is 0. The fraction of sp³-hybridized carbons (Fsp3) is 0.0625. The molecule has 0 spiro atoms. The molecular weight excluding hydrogens is 342 g/mol. The monoisotopic (exact) mass is 353 g/mol. The van der Waals surface area contributed by atoms with Gasteiger partial charge in [0.15, 0.2) is 0 Å². The van der Waals surface area contributed by atoms with Crippen molar-refractivity contribution in [3.8, 4) is 5.69 Å². The Bertz CT molecular complexity index is 1330. The predicted octanol–water partition coefficient (Wildman–Crippen LogP) is -0.858. The van der Waals surface area contributed by atoms with E-state index in [2.05, 4.69) is 15.3 Å². The number of imide groups is 1. The Labute approximate surface area is 143 Å². The second kappa shape index (κ2) is 5.02. The number of benzene rings is 1. The number of pyridine rings is 1. The molecule has 1 aliphatic rings. The van der Waals surface area contributed by atoms with Crippen molar-refractivity contribution in [2.45, 2.75) is 6.92 Å². The van der Waals surface area contributed by atoms with Gasteiger partial charge in [-0.15, -0.1) is 0 Å². The van der Waals surface area contributed by atoms with Crippen molar-refractivity contribution in [2.75, 3.05) is 5.73 Å². The summed E-state index contributed by atoms with van der Waals surface area (Å²) in [4.78, 5) is 64.1. The Balaban J connectivity index is 2.08. The zero-order valence-corrected chi connectivity index (χ0v) is 13.3. The molecule has 0 saturated carbocycles. The number of aromatic amines is 2. The molecule has 10 nitrogen and oxygen atoms in total. The van der Waals surface area contributed by atoms with Crippen molar-refractivity contribution in [1.82, 2.24) is 19.9 Å². The minimum atomic E-state index is -0.841. The van der Waals surface area contributed by atoms with E-state index in [-0.39, 0.29) is 22.5 Å². The molecule has 0 fully saturated rings. The summed E-state index contributed by atoms with van der Waals surface area (Å²) in [5.74, 6) is -1.56. The summed E-state index contributed by atoms with van der Waals surface area (Å²) in [5.41, 5.74) is 5.11. The number of anilines is 1. The van der Waals surface area contributed by atoms with E-state index in [1.54, 1.807) is 13.0 Å². The lowest BCUT2D eigenvalue weighted by Gasteiger charge is -2.15. The Morgan fingerprint density at radius 2 is 1.50 bits per heavy atom. The molecular formula is C16H11N5O5. The molecule has 2 aromatic heterocycles. The number of nitrogen functional groups attached to an aromatic ring is 1. The standard InChI is InChI=1S/C16H11N5O5/c1-5-2-7-8(19-16(26)15(25)18-7)4-9(5)21-10(22)3-6-11(12(21)17)14(24)20-13(6)23/h2-4H,17H2,1H3,(H,18,25)(H,19,26)(H,20,23,24). The van der Waals surface area contributed by atoms with Crippen LogP contribution < -0.4 is 27.7 Å². The second-order valence-electron chi connectivity index (χ2n) is 5.87. The molecule has 0 aliphatic carbocycles. The van der Waals surface area contributed by atoms with E-state index in [1.165, 1.54) is 6.07 Å². The number of hydrogen-bond acceptors (Lipinski definition) is 6. The second-order valence-corrected chi connectivity index (χ2v) is 5.87. The number of carbonyl (C=O) groups is 2. The fourth-order valence-corrected chi connectivity index (χ4v) is 3.03. The molecule has 5 N–H and O–H groups in total. The third-order valence-electron chi connectivity index (χ3n) is 4.23. The maximum atomic E-state index is 12.5. The zero-order chi connectivity index (χ0) is 18.7. The molecule has 1 aliphatic heterocycles. The van der Waals surface area contributed by atoms with E-state index in [0.29, 0.717) is 16.8 Å². The number of rotatable bonds is 1. The lowest BCUT2D eigenvalue weighted by Crippen LogP contribution is -2.29. The van der Waals surface area contributed by atoms with Gasteiger partial charge >= 0.3 is 11.1 Å². The van der Waals surface area contributed by atoms with Gasteiger partial charge in [-0.3, -0.25) is 33.9 Å². The topological polar surface area (TPSA) is 160 Å². The van der Waals surface area contributed by atoms with Gasteiger partial charge in [0.1, 0.15) is 5.82 Å². The number of nitrogens with zero attached hydrogens (tertiary/aromatic N) is 1. The Morgan fingerprint density at radius 3 is 2.15 bits per heavy atom. The number of aromatic nitrogens is 3. The normalized spacial score (nSPS) is 13.1. The van der Waals surface area contributed by atoms with Crippen LogP contribution in [0.15, 0.2) is 32.6 Å². The number of fused-ring (bicyclic) bond motifs is 2. The highest BCUT2D eigenvalue weighted by atomic mass is 16.2. The third-order valence-corrected chi connectivity index (χ3v) is 4.23. The van der Waals surface area contributed by atoms with E-state index in [0.717, 1.165) is 10.6 Å². The molecule has 3 aromatic rings. The van der Waals surface area contributed by atoms with Crippen LogP contribution in [0.1, 0.15) is 26.3 Å². The maximum Gasteiger partial charge on any atom is 0.314 e. The van der Waals surface area contributed by atoms with Crippen molar-refractivity contribution >= 4 is 28.7 Å². The molecule has 2 amide bonds. The van der Waals surface area contributed by atoms with Gasteiger partial charge in [0, 0.05) is 6.07 Å². The third kappa shape index (κ3) is 2.02. The summed E-state index contributed by atoms with van der Waals surface area (Å²) in [6.45, 7) is 1.67. The first kappa shape index (κ1) is 15.6. The molecule has 1 aromatic carbocycles. The Hall–Kier alpha value is -3.95. The summed E-state index contributed by atoms with van der Waals surface area (Å²) < 4.78 is 1.08. The fourth-order valence-electron chi connectivity index (χ4n) is 3.03. The van der Waals surface area contributed by atoms with Crippen LogP contribution in [-0.2, 0) is 0 Å². The van der Waals surface area contributed by atoms with Gasteiger partial charge in [-0.2, -0.15) is 0 Å². The molecule has 0 saturated heterocycles. The van der Waals surface area contributed by atoms with E-state index in [1.807, 2.05) is 0 Å². The van der Waals surface area contributed by atoms with Crippen LogP contribution in [0.2, 0.25) is 0 Å². The lowest BCUT2D eigenvalue weighted by molar-refractivity contribution is 0.0880. The molecule has 26 heavy (non-hydrogen) atoms. The molecule has 10 heteroatoms. The summed E-state index contributed by atoms with van der Waals surface area (Å²) in [6.07, 6.45) is 0. The first-order valence-corrected chi connectivity index (χ1v) is 7.46. The van der Waals surface area contributed by atoms with E-state index < -0.39 is 28.5 Å². The first-order valence-electron chi connectivity index (χ1n) is 7.46. The molecule has 0 bridgehead atoms. The van der Waals surface area contributed by atoms with Gasteiger partial charge < -0.3 is 15.7 Å². The Kier molecular flexibility index (Phi) is 3.01. The number of amides is 2.